The molecule has 6 unspecified atom stereocenters. The first-order valence-corrected chi connectivity index (χ1v) is 12.8. The minimum absolute atomic E-state index is 0.00580. The van der Waals surface area contributed by atoms with Crippen LogP contribution in [-0.4, -0.2) is 68.9 Å². The third-order valence-corrected chi connectivity index (χ3v) is 10.4. The summed E-state index contributed by atoms with van der Waals surface area (Å²) < 4.78 is 6.02. The van der Waals surface area contributed by atoms with E-state index < -0.39 is 58.3 Å². The van der Waals surface area contributed by atoms with Crippen LogP contribution in [0.25, 0.3) is 10.4 Å². The van der Waals surface area contributed by atoms with Crippen molar-refractivity contribution < 1.29 is 30.3 Å². The second-order valence-corrected chi connectivity index (χ2v) is 13.0. The molecule has 9 heteroatoms. The van der Waals surface area contributed by atoms with Gasteiger partial charge in [-0.3, -0.25) is 0 Å². The first kappa shape index (κ1) is 26.1. The van der Waals surface area contributed by atoms with Gasteiger partial charge in [0.25, 0.3) is 0 Å². The van der Waals surface area contributed by atoms with Crippen LogP contribution >= 0.6 is 0 Å². The van der Waals surface area contributed by atoms with Crippen LogP contribution in [0.4, 0.5) is 0 Å². The average molecular weight is 482 g/mol. The van der Waals surface area contributed by atoms with Gasteiger partial charge in [-0.2, -0.15) is 0 Å². The van der Waals surface area contributed by atoms with Crippen molar-refractivity contribution in [1.82, 2.24) is 0 Å². The van der Waals surface area contributed by atoms with Crippen LogP contribution in [0.2, 0.25) is 0 Å². The van der Waals surface area contributed by atoms with Crippen molar-refractivity contribution in [3.8, 4) is 0 Å². The predicted molar refractivity (Wildman–Crippen MR) is 125 cm³/mol. The molecule has 2 aliphatic heterocycles. The van der Waals surface area contributed by atoms with Gasteiger partial charge in [0.15, 0.2) is 0 Å². The van der Waals surface area contributed by atoms with Crippen LogP contribution in [0, 0.1) is 51.8 Å². The van der Waals surface area contributed by atoms with Crippen LogP contribution < -0.4 is 0 Å². The highest BCUT2D eigenvalue weighted by atomic mass is 16.6. The van der Waals surface area contributed by atoms with Gasteiger partial charge in [0.2, 0.25) is 5.79 Å². The lowest BCUT2D eigenvalue weighted by molar-refractivity contribution is -0.471. The number of aliphatic hydroxyl groups is 5. The lowest BCUT2D eigenvalue weighted by Crippen LogP contribution is -2.85. The standard InChI is InChI=1S/C25H43N3O6/c1-12(2)14(10-27-28-26)9-16-15-7-8-17-23(13(3)29)11-34-25(33,21(32)18(23)22(4,5)6)24(17,19(15)30)20(16)31/h12-21,29-33H,7-11H2,1-6H3/t13-,14?,15+,16?,17?,18-,19?,20?,21+,23+,24?,25-/m1/s1. The number of hydrogen-bond acceptors (Lipinski definition) is 7. The molecule has 2 heterocycles. The second kappa shape index (κ2) is 8.30. The molecule has 0 aromatic carbocycles. The number of ether oxygens (including phenoxy) is 1. The molecule has 34 heavy (non-hydrogen) atoms. The topological polar surface area (TPSA) is 159 Å². The highest BCUT2D eigenvalue weighted by Crippen LogP contribution is 2.76. The van der Waals surface area contributed by atoms with Gasteiger partial charge >= 0.3 is 0 Å². The molecule has 0 aromatic heterocycles. The number of fused-ring (bicyclic) bond motifs is 3. The highest BCUT2D eigenvalue weighted by Gasteiger charge is 2.86. The Morgan fingerprint density at radius 2 is 1.74 bits per heavy atom. The maximum absolute atomic E-state index is 12.1. The van der Waals surface area contributed by atoms with E-state index in [1.165, 1.54) is 0 Å². The Balaban J connectivity index is 1.84. The Kier molecular flexibility index (Phi) is 6.38. The summed E-state index contributed by atoms with van der Waals surface area (Å²) in [6, 6.07) is 0. The second-order valence-electron chi connectivity index (χ2n) is 13.0. The van der Waals surface area contributed by atoms with Crippen LogP contribution in [0.15, 0.2) is 5.11 Å². The Labute approximate surface area is 202 Å². The molecule has 0 aromatic rings. The summed E-state index contributed by atoms with van der Waals surface area (Å²) >= 11 is 0. The number of aliphatic hydroxyl groups excluding tert-OH is 4. The Morgan fingerprint density at radius 1 is 1.09 bits per heavy atom. The van der Waals surface area contributed by atoms with Crippen LogP contribution in [-0.2, 0) is 4.74 Å². The average Bonchev–Trinajstić information content (AvgIpc) is 2.84. The van der Waals surface area contributed by atoms with Gasteiger partial charge in [-0.05, 0) is 66.7 Å². The molecule has 5 aliphatic rings. The van der Waals surface area contributed by atoms with Gasteiger partial charge in [0.05, 0.1) is 30.3 Å². The van der Waals surface area contributed by atoms with E-state index in [4.69, 9.17) is 10.3 Å². The molecule has 0 radical (unpaired) electrons. The summed E-state index contributed by atoms with van der Waals surface area (Å²) in [6.45, 7) is 12.1. The molecule has 12 atom stereocenters. The summed E-state index contributed by atoms with van der Waals surface area (Å²) in [7, 11) is 0. The lowest BCUT2D eigenvalue weighted by Gasteiger charge is -2.74. The fourth-order valence-corrected chi connectivity index (χ4v) is 9.05. The fourth-order valence-electron chi connectivity index (χ4n) is 9.05. The van der Waals surface area contributed by atoms with Gasteiger partial charge in [-0.1, -0.05) is 39.7 Å². The molecule has 3 saturated carbocycles. The molecule has 194 valence electrons. The van der Waals surface area contributed by atoms with E-state index in [1.54, 1.807) is 6.92 Å². The number of nitrogens with zero attached hydrogens (tertiary/aromatic N) is 3. The predicted octanol–water partition coefficient (Wildman–Crippen LogP) is 2.45. The van der Waals surface area contributed by atoms with Gasteiger partial charge in [0.1, 0.15) is 6.10 Å². The Hall–Kier alpha value is -0.930. The molecule has 0 amide bonds. The van der Waals surface area contributed by atoms with E-state index in [0.29, 0.717) is 25.8 Å². The third-order valence-electron chi connectivity index (χ3n) is 10.4. The Bertz CT molecular complexity index is 841. The highest BCUT2D eigenvalue weighted by molar-refractivity contribution is 5.30. The fraction of sp³-hybridized carbons (Fsp3) is 1.00. The lowest BCUT2D eigenvalue weighted by atomic mass is 9.38. The van der Waals surface area contributed by atoms with E-state index in [9.17, 15) is 25.5 Å². The molecule has 4 bridgehead atoms. The van der Waals surface area contributed by atoms with Crippen molar-refractivity contribution in [2.45, 2.75) is 91.0 Å². The van der Waals surface area contributed by atoms with Gasteiger partial charge in [-0.15, -0.1) is 0 Å². The third kappa shape index (κ3) is 3.04. The van der Waals surface area contributed by atoms with Crippen molar-refractivity contribution in [2.24, 2.45) is 56.9 Å². The first-order chi connectivity index (χ1) is 15.7. The van der Waals surface area contributed by atoms with Crippen LogP contribution in [0.1, 0.15) is 60.8 Å². The minimum atomic E-state index is -2.13. The van der Waals surface area contributed by atoms with Gasteiger partial charge in [0, 0.05) is 22.8 Å². The molecule has 3 aliphatic carbocycles. The van der Waals surface area contributed by atoms with Crippen molar-refractivity contribution >= 4 is 0 Å². The van der Waals surface area contributed by atoms with Crippen molar-refractivity contribution in [3.63, 3.8) is 0 Å². The van der Waals surface area contributed by atoms with E-state index in [2.05, 4.69) is 10.0 Å². The van der Waals surface area contributed by atoms with Crippen molar-refractivity contribution in [1.29, 1.82) is 0 Å². The smallest absolute Gasteiger partial charge is 0.203 e. The number of azide groups is 1. The SMILES string of the molecule is CC(C)C(CN=[N+]=[N-])CC1C(O)C23C(O)[C@H]1CCC2[C@@]1([C@@H](C)O)CO[C@]3(O)[C@@H](O)[C@@H]1C(C)(C)C. The normalized spacial score (nSPS) is 49.5. The van der Waals surface area contributed by atoms with Gasteiger partial charge < -0.3 is 30.3 Å². The molecule has 5 fully saturated rings. The quantitative estimate of drug-likeness (QED) is 0.223. The van der Waals surface area contributed by atoms with E-state index in [-0.39, 0.29) is 30.3 Å². The van der Waals surface area contributed by atoms with Crippen LogP contribution in [0.5, 0.6) is 0 Å². The van der Waals surface area contributed by atoms with E-state index in [1.807, 2.05) is 34.6 Å². The maximum atomic E-state index is 12.1. The number of rotatable bonds is 6. The Morgan fingerprint density at radius 3 is 2.26 bits per heavy atom. The summed E-state index contributed by atoms with van der Waals surface area (Å²) in [5.41, 5.74) is 5.94. The zero-order valence-corrected chi connectivity index (χ0v) is 21.3. The van der Waals surface area contributed by atoms with E-state index >= 15 is 0 Å². The molecular formula is C25H43N3O6. The molecule has 1 spiro atoms. The first-order valence-electron chi connectivity index (χ1n) is 12.8. The summed E-state index contributed by atoms with van der Waals surface area (Å²) in [5.74, 6) is -3.46. The summed E-state index contributed by atoms with van der Waals surface area (Å²) in [6.07, 6.45) is -2.67. The van der Waals surface area contributed by atoms with Crippen molar-refractivity contribution in [3.05, 3.63) is 10.4 Å². The van der Waals surface area contributed by atoms with Crippen molar-refractivity contribution in [2.75, 3.05) is 13.2 Å². The molecule has 9 nitrogen and oxygen atoms in total. The zero-order valence-electron chi connectivity index (χ0n) is 21.3. The molecule has 5 N–H and O–H groups in total. The van der Waals surface area contributed by atoms with Crippen LogP contribution in [0.3, 0.4) is 0 Å². The zero-order chi connectivity index (χ0) is 25.4. The van der Waals surface area contributed by atoms with E-state index in [0.717, 1.165) is 0 Å². The van der Waals surface area contributed by atoms with Gasteiger partial charge in [-0.25, -0.2) is 0 Å². The maximum Gasteiger partial charge on any atom is 0.203 e. The number of hydrogen-bond donors (Lipinski definition) is 5. The molecular weight excluding hydrogens is 438 g/mol. The molecule has 5 rings (SSSR count). The summed E-state index contributed by atoms with van der Waals surface area (Å²) in [5, 5.41) is 62.5. The largest absolute Gasteiger partial charge is 0.393 e. The minimum Gasteiger partial charge on any atom is -0.393 e. The molecule has 2 saturated heterocycles. The monoisotopic (exact) mass is 481 g/mol. The summed E-state index contributed by atoms with van der Waals surface area (Å²) in [4.78, 5) is 2.90.